The van der Waals surface area contributed by atoms with E-state index in [0.29, 0.717) is 25.9 Å². The molecule has 0 spiro atoms. The van der Waals surface area contributed by atoms with Gasteiger partial charge in [-0.1, -0.05) is 230 Å². The van der Waals surface area contributed by atoms with Crippen LogP contribution in [-0.4, -0.2) is 47.4 Å². The Morgan fingerprint density at radius 2 is 0.823 bits per heavy atom. The number of ether oxygens (including phenoxy) is 1. The highest BCUT2D eigenvalue weighted by Gasteiger charge is 2.20. The molecular weight excluding hydrogens is 767 g/mol. The number of allylic oxidation sites excluding steroid dienone is 6. The second-order valence-corrected chi connectivity index (χ2v) is 18.6. The van der Waals surface area contributed by atoms with E-state index in [-0.39, 0.29) is 18.5 Å². The van der Waals surface area contributed by atoms with Crippen LogP contribution in [0.1, 0.15) is 284 Å². The molecule has 0 aliphatic carbocycles. The number of carbonyl (C=O) groups excluding carboxylic acids is 2. The van der Waals surface area contributed by atoms with Crippen LogP contribution in [0.4, 0.5) is 0 Å². The van der Waals surface area contributed by atoms with E-state index in [2.05, 4.69) is 55.6 Å². The van der Waals surface area contributed by atoms with Crippen molar-refractivity contribution in [3.8, 4) is 0 Å². The molecule has 1 amide bonds. The number of amides is 1. The summed E-state index contributed by atoms with van der Waals surface area (Å²) in [6, 6.07) is -0.581. The molecule has 62 heavy (non-hydrogen) atoms. The van der Waals surface area contributed by atoms with Gasteiger partial charge in [-0.3, -0.25) is 9.59 Å². The Morgan fingerprint density at radius 1 is 0.452 bits per heavy atom. The predicted molar refractivity (Wildman–Crippen MR) is 269 cm³/mol. The topological polar surface area (TPSA) is 95.9 Å². The largest absolute Gasteiger partial charge is 0.466 e. The van der Waals surface area contributed by atoms with Gasteiger partial charge in [0.1, 0.15) is 0 Å². The summed E-state index contributed by atoms with van der Waals surface area (Å²) in [7, 11) is 0. The van der Waals surface area contributed by atoms with Crippen molar-refractivity contribution in [3.63, 3.8) is 0 Å². The molecule has 0 rings (SSSR count). The standard InChI is InChI=1S/C56H105NO5/c1-3-5-7-9-11-13-15-17-19-21-22-24-25-27-29-32-36-40-44-48-54(59)53(52-58)57-55(60)49-45-41-37-33-31-35-39-43-47-51-62-56(61)50-46-42-38-34-30-28-26-23-20-18-16-14-12-10-8-6-4-2/h12,14,18,20,33,37,53-54,58-59H,3-11,13,15-17,19,21-32,34-36,38-52H2,1-2H3,(H,57,60)/b14-12-,20-18-,37-33-. The van der Waals surface area contributed by atoms with Gasteiger partial charge in [0.15, 0.2) is 0 Å². The molecule has 0 bridgehead atoms. The number of carbonyl (C=O) groups is 2. The zero-order valence-electron chi connectivity index (χ0n) is 41.4. The number of unbranched alkanes of at least 4 members (excludes halogenated alkanes) is 33. The highest BCUT2D eigenvalue weighted by atomic mass is 16.5. The van der Waals surface area contributed by atoms with E-state index in [1.54, 1.807) is 0 Å². The predicted octanol–water partition coefficient (Wildman–Crippen LogP) is 16.5. The Labute approximate surface area is 385 Å². The second kappa shape index (κ2) is 51.7. The van der Waals surface area contributed by atoms with Crippen molar-refractivity contribution in [2.45, 2.75) is 296 Å². The maximum Gasteiger partial charge on any atom is 0.305 e. The number of aliphatic hydroxyl groups excluding tert-OH is 2. The fourth-order valence-corrected chi connectivity index (χ4v) is 8.20. The molecule has 0 radical (unpaired) electrons. The third kappa shape index (κ3) is 47.6. The van der Waals surface area contributed by atoms with Crippen LogP contribution in [0.15, 0.2) is 36.5 Å². The Kier molecular flexibility index (Phi) is 50.1. The fourth-order valence-electron chi connectivity index (χ4n) is 8.20. The normalized spacial score (nSPS) is 12.9. The molecule has 3 N–H and O–H groups in total. The van der Waals surface area contributed by atoms with Gasteiger partial charge in [0.25, 0.3) is 0 Å². The zero-order chi connectivity index (χ0) is 45.1. The summed E-state index contributed by atoms with van der Waals surface area (Å²) in [5, 5.41) is 23.2. The van der Waals surface area contributed by atoms with Crippen LogP contribution in [0.3, 0.4) is 0 Å². The third-order valence-corrected chi connectivity index (χ3v) is 12.4. The number of aliphatic hydroxyl groups is 2. The van der Waals surface area contributed by atoms with Crippen molar-refractivity contribution < 1.29 is 24.5 Å². The summed E-state index contributed by atoms with van der Waals surface area (Å²) < 4.78 is 5.44. The van der Waals surface area contributed by atoms with Crippen molar-refractivity contribution in [1.82, 2.24) is 5.32 Å². The van der Waals surface area contributed by atoms with Crippen molar-refractivity contribution in [2.24, 2.45) is 0 Å². The van der Waals surface area contributed by atoms with Gasteiger partial charge < -0.3 is 20.3 Å². The van der Waals surface area contributed by atoms with E-state index in [1.807, 2.05) is 0 Å². The Morgan fingerprint density at radius 3 is 1.31 bits per heavy atom. The van der Waals surface area contributed by atoms with Crippen molar-refractivity contribution >= 4 is 11.9 Å². The molecule has 6 heteroatoms. The van der Waals surface area contributed by atoms with Gasteiger partial charge in [0, 0.05) is 12.8 Å². The van der Waals surface area contributed by atoms with E-state index in [0.717, 1.165) is 77.0 Å². The van der Waals surface area contributed by atoms with Crippen molar-refractivity contribution in [1.29, 1.82) is 0 Å². The average Bonchev–Trinajstić information content (AvgIpc) is 3.27. The molecule has 0 aliphatic heterocycles. The van der Waals surface area contributed by atoms with Gasteiger partial charge in [-0.2, -0.15) is 0 Å². The van der Waals surface area contributed by atoms with Crippen LogP contribution in [0.5, 0.6) is 0 Å². The summed E-state index contributed by atoms with van der Waals surface area (Å²) in [4.78, 5) is 24.5. The van der Waals surface area contributed by atoms with Crippen LogP contribution in [0.25, 0.3) is 0 Å². The van der Waals surface area contributed by atoms with Gasteiger partial charge >= 0.3 is 5.97 Å². The highest BCUT2D eigenvalue weighted by molar-refractivity contribution is 5.76. The van der Waals surface area contributed by atoms with Crippen molar-refractivity contribution in [2.75, 3.05) is 13.2 Å². The smallest absolute Gasteiger partial charge is 0.305 e. The minimum atomic E-state index is -0.697. The molecule has 2 atom stereocenters. The molecule has 0 saturated heterocycles. The number of esters is 1. The number of nitrogens with one attached hydrogen (secondary N) is 1. The first-order valence-electron chi connectivity index (χ1n) is 27.2. The summed E-state index contributed by atoms with van der Waals surface area (Å²) in [5.74, 6) is -0.138. The molecule has 0 saturated carbocycles. The maximum atomic E-state index is 12.5. The molecule has 0 fully saturated rings. The fraction of sp³-hybridized carbons (Fsp3) is 0.857. The van der Waals surface area contributed by atoms with Crippen molar-refractivity contribution in [3.05, 3.63) is 36.5 Å². The minimum absolute atomic E-state index is 0.0432. The molecule has 6 nitrogen and oxygen atoms in total. The van der Waals surface area contributed by atoms with Gasteiger partial charge in [-0.25, -0.2) is 0 Å². The Hall–Kier alpha value is -1.92. The summed E-state index contributed by atoms with van der Waals surface area (Å²) in [6.45, 7) is 4.84. The monoisotopic (exact) mass is 872 g/mol. The SMILES string of the molecule is CCCCC/C=C\C/C=C\CCCCCCCCCC(=O)OCCCCCC/C=C\CCCC(=O)NC(CO)C(O)CCCCCCCCCCCCCCCCCCCCC. The zero-order valence-corrected chi connectivity index (χ0v) is 41.4. The first-order chi connectivity index (χ1) is 30.5. The molecular formula is C56H105NO5. The summed E-state index contributed by atoms with van der Waals surface area (Å²) in [6.07, 6.45) is 62.7. The van der Waals surface area contributed by atoms with E-state index < -0.39 is 12.1 Å². The number of hydrogen-bond donors (Lipinski definition) is 3. The van der Waals surface area contributed by atoms with Gasteiger partial charge in [0.2, 0.25) is 5.91 Å². The number of hydrogen-bond acceptors (Lipinski definition) is 5. The van der Waals surface area contributed by atoms with E-state index in [4.69, 9.17) is 4.74 Å². The lowest BCUT2D eigenvalue weighted by molar-refractivity contribution is -0.143. The first kappa shape index (κ1) is 60.1. The van der Waals surface area contributed by atoms with Gasteiger partial charge in [-0.05, 0) is 77.0 Å². The molecule has 2 unspecified atom stereocenters. The third-order valence-electron chi connectivity index (χ3n) is 12.4. The average molecular weight is 872 g/mol. The van der Waals surface area contributed by atoms with Gasteiger partial charge in [0.05, 0.1) is 25.4 Å². The summed E-state index contributed by atoms with van der Waals surface area (Å²) >= 11 is 0. The quantitative estimate of drug-likeness (QED) is 0.0321. The first-order valence-corrected chi connectivity index (χ1v) is 27.2. The molecule has 0 aromatic carbocycles. The summed E-state index contributed by atoms with van der Waals surface area (Å²) in [5.41, 5.74) is 0. The lowest BCUT2D eigenvalue weighted by Crippen LogP contribution is -2.45. The minimum Gasteiger partial charge on any atom is -0.466 e. The van der Waals surface area contributed by atoms with Crippen LogP contribution in [0, 0.1) is 0 Å². The second-order valence-electron chi connectivity index (χ2n) is 18.6. The van der Waals surface area contributed by atoms with Crippen LogP contribution in [0.2, 0.25) is 0 Å². The number of rotatable bonds is 50. The lowest BCUT2D eigenvalue weighted by atomic mass is 10.0. The van der Waals surface area contributed by atoms with E-state index in [1.165, 1.54) is 173 Å². The van der Waals surface area contributed by atoms with Crippen LogP contribution >= 0.6 is 0 Å². The van der Waals surface area contributed by atoms with Gasteiger partial charge in [-0.15, -0.1) is 0 Å². The van der Waals surface area contributed by atoms with Crippen LogP contribution in [-0.2, 0) is 14.3 Å². The van der Waals surface area contributed by atoms with Crippen LogP contribution < -0.4 is 5.32 Å². The lowest BCUT2D eigenvalue weighted by Gasteiger charge is -2.22. The van der Waals surface area contributed by atoms with E-state index >= 15 is 0 Å². The Bertz CT molecular complexity index is 1010. The van der Waals surface area contributed by atoms with E-state index in [9.17, 15) is 19.8 Å². The maximum absolute atomic E-state index is 12.5. The Balaban J connectivity index is 3.54. The highest BCUT2D eigenvalue weighted by Crippen LogP contribution is 2.16. The molecule has 364 valence electrons. The molecule has 0 aromatic heterocycles. The molecule has 0 heterocycles. The molecule has 0 aliphatic rings. The molecule has 0 aromatic rings.